The zero-order chi connectivity index (χ0) is 20.1. The number of nitrogens with one attached hydrogen (secondary N) is 1. The molecule has 0 unspecified atom stereocenters. The monoisotopic (exact) mass is 368 g/mol. The third kappa shape index (κ3) is 11.2. The molecule has 0 aliphatic rings. The van der Waals surface area contributed by atoms with Gasteiger partial charge in [0.2, 0.25) is 0 Å². The van der Waals surface area contributed by atoms with E-state index < -0.39 is 30.0 Å². The van der Waals surface area contributed by atoms with Crippen LogP contribution in [0.15, 0.2) is 30.3 Å². The third-order valence-electron chi connectivity index (χ3n) is 3.60. The molecule has 0 heterocycles. The Morgan fingerprint density at radius 2 is 1.62 bits per heavy atom. The van der Waals surface area contributed by atoms with Crippen LogP contribution in [0.25, 0.3) is 0 Å². The Morgan fingerprint density at radius 1 is 1.04 bits per heavy atom. The van der Waals surface area contributed by atoms with Gasteiger partial charge in [0, 0.05) is 6.54 Å². The highest BCUT2D eigenvalue weighted by molar-refractivity contribution is 5.74. The molecule has 0 saturated carbocycles. The number of carbonyl (C=O) groups is 3. The summed E-state index contributed by atoms with van der Waals surface area (Å²) in [7, 11) is 0. The molecule has 8 heteroatoms. The largest absolute Gasteiger partial charge is 0.481 e. The minimum absolute atomic E-state index is 0.0208. The van der Waals surface area contributed by atoms with Gasteiger partial charge in [-0.05, 0) is 24.3 Å². The first kappa shape index (κ1) is 23.5. The molecular weight excluding hydrogens is 340 g/mol. The summed E-state index contributed by atoms with van der Waals surface area (Å²) < 4.78 is 0. The van der Waals surface area contributed by atoms with E-state index in [9.17, 15) is 14.4 Å². The molecule has 0 fully saturated rings. The molecule has 0 aliphatic heterocycles. The third-order valence-corrected chi connectivity index (χ3v) is 3.60. The highest BCUT2D eigenvalue weighted by atomic mass is 16.4. The molecule has 6 N–H and O–H groups in total. The van der Waals surface area contributed by atoms with E-state index >= 15 is 0 Å². The van der Waals surface area contributed by atoms with Crippen LogP contribution in [0, 0.1) is 5.92 Å². The van der Waals surface area contributed by atoms with Crippen molar-refractivity contribution in [3.63, 3.8) is 0 Å². The van der Waals surface area contributed by atoms with Crippen molar-refractivity contribution in [2.45, 2.75) is 45.2 Å². The van der Waals surface area contributed by atoms with E-state index in [1.807, 2.05) is 30.3 Å². The standard InChI is InChI=1S/C13H17NO4.C5H11NO2/c15-12(16)8-9-14-11(13(17)18)7-6-10-4-2-1-3-5-10;1-3(2)4(6)5(7)8/h1-5,11,14H,6-9H2,(H,15,16)(H,17,18);3-4H,6H2,1-2H3,(H,7,8)/t11-;4-/m10/s1. The second kappa shape index (κ2) is 12.8. The molecule has 0 spiro atoms. The van der Waals surface area contributed by atoms with E-state index in [2.05, 4.69) is 5.32 Å². The molecule has 0 aromatic heterocycles. The van der Waals surface area contributed by atoms with Gasteiger partial charge in [0.05, 0.1) is 6.42 Å². The van der Waals surface area contributed by atoms with Crippen LogP contribution in [0.3, 0.4) is 0 Å². The van der Waals surface area contributed by atoms with E-state index in [1.54, 1.807) is 13.8 Å². The maximum atomic E-state index is 11.0. The van der Waals surface area contributed by atoms with Crippen LogP contribution < -0.4 is 11.1 Å². The molecule has 1 aromatic carbocycles. The molecule has 146 valence electrons. The topological polar surface area (TPSA) is 150 Å². The maximum absolute atomic E-state index is 11.0. The number of nitrogens with two attached hydrogens (primary N) is 1. The SMILES string of the molecule is CC(C)[C@H](N)C(=O)O.O=C(O)CCN[C@H](CCc1ccccc1)C(=O)O. The van der Waals surface area contributed by atoms with Crippen molar-refractivity contribution in [3.8, 4) is 0 Å². The average molecular weight is 368 g/mol. The molecule has 8 nitrogen and oxygen atoms in total. The fourth-order valence-corrected chi connectivity index (χ4v) is 1.91. The van der Waals surface area contributed by atoms with Crippen LogP contribution in [0.2, 0.25) is 0 Å². The summed E-state index contributed by atoms with van der Waals surface area (Å²) in [5.41, 5.74) is 6.23. The highest BCUT2D eigenvalue weighted by Gasteiger charge is 2.16. The van der Waals surface area contributed by atoms with Crippen LogP contribution in [0.4, 0.5) is 0 Å². The molecule has 1 rings (SSSR count). The van der Waals surface area contributed by atoms with Crippen LogP contribution in [-0.2, 0) is 20.8 Å². The summed E-state index contributed by atoms with van der Waals surface area (Å²) in [5, 5.41) is 28.5. The number of hydrogen-bond donors (Lipinski definition) is 5. The summed E-state index contributed by atoms with van der Waals surface area (Å²) >= 11 is 0. The van der Waals surface area contributed by atoms with Crippen LogP contribution in [0.5, 0.6) is 0 Å². The Hall–Kier alpha value is -2.45. The van der Waals surface area contributed by atoms with Crippen molar-refractivity contribution < 1.29 is 29.7 Å². The van der Waals surface area contributed by atoms with E-state index in [0.717, 1.165) is 5.56 Å². The molecule has 26 heavy (non-hydrogen) atoms. The van der Waals surface area contributed by atoms with E-state index in [0.29, 0.717) is 12.8 Å². The van der Waals surface area contributed by atoms with Crippen molar-refractivity contribution in [1.29, 1.82) is 0 Å². The lowest BCUT2D eigenvalue weighted by molar-refractivity contribution is -0.141. The quantitative estimate of drug-likeness (QED) is 0.413. The lowest BCUT2D eigenvalue weighted by Crippen LogP contribution is -2.38. The average Bonchev–Trinajstić information content (AvgIpc) is 2.57. The molecule has 2 atom stereocenters. The first-order chi connectivity index (χ1) is 12.1. The van der Waals surface area contributed by atoms with Crippen LogP contribution in [-0.4, -0.2) is 51.9 Å². The van der Waals surface area contributed by atoms with Gasteiger partial charge in [0.1, 0.15) is 12.1 Å². The molecule has 0 amide bonds. The predicted octanol–water partition coefficient (Wildman–Crippen LogP) is 1.19. The van der Waals surface area contributed by atoms with Gasteiger partial charge < -0.3 is 26.4 Å². The van der Waals surface area contributed by atoms with Crippen molar-refractivity contribution in [3.05, 3.63) is 35.9 Å². The normalized spacial score (nSPS) is 12.6. The second-order valence-corrected chi connectivity index (χ2v) is 6.12. The van der Waals surface area contributed by atoms with Gasteiger partial charge in [-0.3, -0.25) is 14.4 Å². The number of aliphatic carboxylic acids is 3. The Bertz CT molecular complexity index is 562. The van der Waals surface area contributed by atoms with Crippen LogP contribution in [0.1, 0.15) is 32.3 Å². The molecule has 1 aromatic rings. The van der Waals surface area contributed by atoms with Gasteiger partial charge >= 0.3 is 17.9 Å². The van der Waals surface area contributed by atoms with Gasteiger partial charge in [-0.15, -0.1) is 0 Å². The van der Waals surface area contributed by atoms with Crippen LogP contribution >= 0.6 is 0 Å². The highest BCUT2D eigenvalue weighted by Crippen LogP contribution is 2.05. The number of carboxylic acid groups (broad SMARTS) is 3. The van der Waals surface area contributed by atoms with Crippen molar-refractivity contribution in [2.75, 3.05) is 6.54 Å². The lowest BCUT2D eigenvalue weighted by Gasteiger charge is -2.13. The zero-order valence-electron chi connectivity index (χ0n) is 15.1. The van der Waals surface area contributed by atoms with Crippen molar-refractivity contribution in [1.82, 2.24) is 5.32 Å². The van der Waals surface area contributed by atoms with E-state index in [4.69, 9.17) is 21.1 Å². The molecule has 0 radical (unpaired) electrons. The summed E-state index contributed by atoms with van der Waals surface area (Å²) in [6.45, 7) is 3.72. The summed E-state index contributed by atoms with van der Waals surface area (Å²) in [4.78, 5) is 31.3. The first-order valence-electron chi connectivity index (χ1n) is 8.35. The van der Waals surface area contributed by atoms with Gasteiger partial charge in [-0.2, -0.15) is 0 Å². The minimum atomic E-state index is -0.948. The predicted molar refractivity (Wildman–Crippen MR) is 96.9 cm³/mol. The summed E-state index contributed by atoms with van der Waals surface area (Å²) in [6.07, 6.45) is 1.02. The zero-order valence-corrected chi connectivity index (χ0v) is 15.1. The Balaban J connectivity index is 0.000000660. The summed E-state index contributed by atoms with van der Waals surface area (Å²) in [6, 6.07) is 8.18. The van der Waals surface area contributed by atoms with Gasteiger partial charge in [0.15, 0.2) is 0 Å². The first-order valence-corrected chi connectivity index (χ1v) is 8.35. The smallest absolute Gasteiger partial charge is 0.320 e. The maximum Gasteiger partial charge on any atom is 0.320 e. The number of carboxylic acids is 3. The molecular formula is C18H28N2O6. The number of benzene rings is 1. The minimum Gasteiger partial charge on any atom is -0.481 e. The van der Waals surface area contributed by atoms with Gasteiger partial charge in [-0.25, -0.2) is 0 Å². The molecule has 0 aliphatic carbocycles. The van der Waals surface area contributed by atoms with Gasteiger partial charge in [0.25, 0.3) is 0 Å². The second-order valence-electron chi connectivity index (χ2n) is 6.12. The van der Waals surface area contributed by atoms with E-state index in [-0.39, 0.29) is 18.9 Å². The number of hydrogen-bond acceptors (Lipinski definition) is 5. The fourth-order valence-electron chi connectivity index (χ4n) is 1.91. The summed E-state index contributed by atoms with van der Waals surface area (Å²) in [5.74, 6) is -2.79. The van der Waals surface area contributed by atoms with E-state index in [1.165, 1.54) is 0 Å². The van der Waals surface area contributed by atoms with Gasteiger partial charge in [-0.1, -0.05) is 44.2 Å². The molecule has 0 bridgehead atoms. The number of aryl methyl sites for hydroxylation is 1. The fraction of sp³-hybridized carbons (Fsp3) is 0.500. The Morgan fingerprint density at radius 3 is 2.00 bits per heavy atom. The Kier molecular flexibility index (Phi) is 11.6. The van der Waals surface area contributed by atoms with Crippen molar-refractivity contribution in [2.24, 2.45) is 11.7 Å². The van der Waals surface area contributed by atoms with Crippen molar-refractivity contribution >= 4 is 17.9 Å². The number of rotatable bonds is 10. The Labute approximate surface area is 153 Å². The lowest BCUT2D eigenvalue weighted by atomic mass is 10.1. The molecule has 0 saturated heterocycles.